The molecule has 4 nitrogen and oxygen atoms in total. The monoisotopic (exact) mass is 340 g/mol. The highest BCUT2D eigenvalue weighted by Crippen LogP contribution is 2.31. The fourth-order valence-corrected chi connectivity index (χ4v) is 2.25. The van der Waals surface area contributed by atoms with Gasteiger partial charge in [-0.05, 0) is 36.4 Å². The molecule has 1 heterocycles. The molecule has 1 aromatic heterocycles. The predicted octanol–water partition coefficient (Wildman–Crippen LogP) is 3.37. The Kier molecular flexibility index (Phi) is 4.42. The standard InChI is InChI=1S/C13H10BrClN2O2/c14-8-1-4-10(11(15)7-8)12-5-2-9(19-12)3-6-13(18)17-16/h1-7H,16H2,(H,17,18)/b6-3+. The predicted molar refractivity (Wildman–Crippen MR) is 78.2 cm³/mol. The van der Waals surface area contributed by atoms with Crippen LogP contribution in [0.1, 0.15) is 5.76 Å². The van der Waals surface area contributed by atoms with E-state index in [1.807, 2.05) is 17.6 Å². The van der Waals surface area contributed by atoms with Crippen molar-refractivity contribution in [1.82, 2.24) is 5.43 Å². The van der Waals surface area contributed by atoms with Gasteiger partial charge in [-0.3, -0.25) is 10.2 Å². The molecular formula is C13H10BrClN2O2. The van der Waals surface area contributed by atoms with Crippen LogP contribution in [0.15, 0.2) is 45.3 Å². The molecule has 2 rings (SSSR count). The maximum absolute atomic E-state index is 11.0. The summed E-state index contributed by atoms with van der Waals surface area (Å²) in [6.07, 6.45) is 2.81. The van der Waals surface area contributed by atoms with E-state index < -0.39 is 5.91 Å². The molecule has 0 radical (unpaired) electrons. The number of amides is 1. The Morgan fingerprint density at radius 2 is 2.16 bits per heavy atom. The molecule has 3 N–H and O–H groups in total. The number of hydrazine groups is 1. The highest BCUT2D eigenvalue weighted by molar-refractivity contribution is 9.10. The van der Waals surface area contributed by atoms with Crippen molar-refractivity contribution in [3.8, 4) is 11.3 Å². The van der Waals surface area contributed by atoms with Gasteiger partial charge in [-0.25, -0.2) is 5.84 Å². The lowest BCUT2D eigenvalue weighted by Crippen LogP contribution is -2.27. The molecule has 0 aliphatic heterocycles. The van der Waals surface area contributed by atoms with Crippen molar-refractivity contribution in [3.63, 3.8) is 0 Å². The minimum absolute atomic E-state index is 0.403. The van der Waals surface area contributed by atoms with E-state index in [9.17, 15) is 4.79 Å². The van der Waals surface area contributed by atoms with Crippen LogP contribution in [0.5, 0.6) is 0 Å². The Morgan fingerprint density at radius 1 is 1.37 bits per heavy atom. The van der Waals surface area contributed by atoms with E-state index in [2.05, 4.69) is 15.9 Å². The van der Waals surface area contributed by atoms with Crippen LogP contribution < -0.4 is 11.3 Å². The fourth-order valence-electron chi connectivity index (χ4n) is 1.48. The molecule has 1 aromatic carbocycles. The van der Waals surface area contributed by atoms with Crippen LogP contribution in [-0.4, -0.2) is 5.91 Å². The van der Waals surface area contributed by atoms with Crippen LogP contribution in [0.4, 0.5) is 0 Å². The van der Waals surface area contributed by atoms with Crippen LogP contribution in [0.3, 0.4) is 0 Å². The molecule has 0 bridgehead atoms. The van der Waals surface area contributed by atoms with Crippen molar-refractivity contribution in [3.05, 3.63) is 51.7 Å². The van der Waals surface area contributed by atoms with Crippen molar-refractivity contribution < 1.29 is 9.21 Å². The first-order chi connectivity index (χ1) is 9.10. The van der Waals surface area contributed by atoms with Gasteiger partial charge in [0.05, 0.1) is 5.02 Å². The third kappa shape index (κ3) is 3.47. The van der Waals surface area contributed by atoms with Gasteiger partial charge in [-0.2, -0.15) is 0 Å². The number of carbonyl (C=O) groups excluding carboxylic acids is 1. The van der Waals surface area contributed by atoms with Crippen molar-refractivity contribution >= 4 is 39.5 Å². The van der Waals surface area contributed by atoms with E-state index in [4.69, 9.17) is 21.9 Å². The molecular weight excluding hydrogens is 332 g/mol. The summed E-state index contributed by atoms with van der Waals surface area (Å²) in [5.74, 6) is 5.73. The average molecular weight is 342 g/mol. The van der Waals surface area contributed by atoms with E-state index in [1.54, 1.807) is 18.2 Å². The van der Waals surface area contributed by atoms with Gasteiger partial charge in [0.2, 0.25) is 0 Å². The zero-order chi connectivity index (χ0) is 13.8. The van der Waals surface area contributed by atoms with Crippen molar-refractivity contribution in [2.45, 2.75) is 0 Å². The van der Waals surface area contributed by atoms with Gasteiger partial charge in [0.25, 0.3) is 5.91 Å². The van der Waals surface area contributed by atoms with Crippen molar-refractivity contribution in [2.75, 3.05) is 0 Å². The Morgan fingerprint density at radius 3 is 2.84 bits per heavy atom. The van der Waals surface area contributed by atoms with Gasteiger partial charge in [-0.1, -0.05) is 27.5 Å². The van der Waals surface area contributed by atoms with Crippen LogP contribution in [-0.2, 0) is 4.79 Å². The number of rotatable bonds is 3. The first-order valence-electron chi connectivity index (χ1n) is 5.34. The summed E-state index contributed by atoms with van der Waals surface area (Å²) < 4.78 is 6.47. The first-order valence-corrected chi connectivity index (χ1v) is 6.51. The molecule has 1 amide bonds. The van der Waals surface area contributed by atoms with Crippen LogP contribution in [0, 0.1) is 0 Å². The van der Waals surface area contributed by atoms with Gasteiger partial charge in [0.1, 0.15) is 11.5 Å². The summed E-state index contributed by atoms with van der Waals surface area (Å²) in [6, 6.07) is 9.05. The van der Waals surface area contributed by atoms with Crippen LogP contribution in [0.2, 0.25) is 5.02 Å². The van der Waals surface area contributed by atoms with E-state index in [-0.39, 0.29) is 0 Å². The number of furan rings is 1. The lowest BCUT2D eigenvalue weighted by molar-refractivity contribution is -0.116. The average Bonchev–Trinajstić information content (AvgIpc) is 2.84. The number of nitrogens with one attached hydrogen (secondary N) is 1. The second-order valence-electron chi connectivity index (χ2n) is 3.67. The maximum atomic E-state index is 11.0. The second kappa shape index (κ2) is 6.06. The maximum Gasteiger partial charge on any atom is 0.258 e. The van der Waals surface area contributed by atoms with Crippen molar-refractivity contribution in [1.29, 1.82) is 0 Å². The smallest absolute Gasteiger partial charge is 0.258 e. The Labute approximate surface area is 123 Å². The van der Waals surface area contributed by atoms with Gasteiger partial charge in [0, 0.05) is 16.1 Å². The van der Waals surface area contributed by atoms with Crippen LogP contribution >= 0.6 is 27.5 Å². The summed E-state index contributed by atoms with van der Waals surface area (Å²) >= 11 is 9.47. The second-order valence-corrected chi connectivity index (χ2v) is 4.99. The molecule has 0 saturated carbocycles. The Hall–Kier alpha value is -1.56. The zero-order valence-corrected chi connectivity index (χ0v) is 12.0. The number of hydrogen-bond donors (Lipinski definition) is 2. The topological polar surface area (TPSA) is 68.3 Å². The normalized spacial score (nSPS) is 10.9. The number of hydrogen-bond acceptors (Lipinski definition) is 3. The number of halogens is 2. The van der Waals surface area contributed by atoms with E-state index in [0.29, 0.717) is 16.5 Å². The minimum atomic E-state index is -0.403. The molecule has 0 aliphatic rings. The summed E-state index contributed by atoms with van der Waals surface area (Å²) in [7, 11) is 0. The number of carbonyl (C=O) groups is 1. The lowest BCUT2D eigenvalue weighted by Gasteiger charge is -2.00. The minimum Gasteiger partial charge on any atom is -0.457 e. The largest absolute Gasteiger partial charge is 0.457 e. The van der Waals surface area contributed by atoms with Gasteiger partial charge < -0.3 is 4.42 Å². The van der Waals surface area contributed by atoms with E-state index in [1.165, 1.54) is 12.2 Å². The molecule has 19 heavy (non-hydrogen) atoms. The molecule has 0 saturated heterocycles. The highest BCUT2D eigenvalue weighted by atomic mass is 79.9. The molecule has 98 valence electrons. The van der Waals surface area contributed by atoms with Gasteiger partial charge >= 0.3 is 0 Å². The van der Waals surface area contributed by atoms with E-state index in [0.717, 1.165) is 10.0 Å². The third-order valence-electron chi connectivity index (χ3n) is 2.36. The van der Waals surface area contributed by atoms with Crippen LogP contribution in [0.25, 0.3) is 17.4 Å². The fraction of sp³-hybridized carbons (Fsp3) is 0. The lowest BCUT2D eigenvalue weighted by atomic mass is 10.2. The molecule has 0 unspecified atom stereocenters. The summed E-state index contributed by atoms with van der Waals surface area (Å²) in [5.41, 5.74) is 2.78. The van der Waals surface area contributed by atoms with Gasteiger partial charge in [-0.15, -0.1) is 0 Å². The zero-order valence-electron chi connectivity index (χ0n) is 9.69. The summed E-state index contributed by atoms with van der Waals surface area (Å²) in [4.78, 5) is 11.0. The van der Waals surface area contributed by atoms with Crippen molar-refractivity contribution in [2.24, 2.45) is 5.84 Å². The Balaban J connectivity index is 2.26. The Bertz CT molecular complexity index is 637. The molecule has 0 fully saturated rings. The van der Waals surface area contributed by atoms with E-state index >= 15 is 0 Å². The molecule has 0 spiro atoms. The third-order valence-corrected chi connectivity index (χ3v) is 3.17. The first kappa shape index (κ1) is 13.9. The summed E-state index contributed by atoms with van der Waals surface area (Å²) in [5, 5.41) is 0.582. The molecule has 0 aliphatic carbocycles. The highest BCUT2D eigenvalue weighted by Gasteiger charge is 2.08. The summed E-state index contributed by atoms with van der Waals surface area (Å²) in [6.45, 7) is 0. The molecule has 2 aromatic rings. The number of nitrogens with two attached hydrogens (primary N) is 1. The van der Waals surface area contributed by atoms with Gasteiger partial charge in [0.15, 0.2) is 0 Å². The SMILES string of the molecule is NNC(=O)/C=C/c1ccc(-c2ccc(Br)cc2Cl)o1. The number of benzene rings is 1. The quantitative estimate of drug-likeness (QED) is 0.389. The molecule has 0 atom stereocenters. The molecule has 6 heteroatoms.